The third kappa shape index (κ3) is 3.22. The van der Waals surface area contributed by atoms with Gasteiger partial charge in [0.15, 0.2) is 16.6 Å². The normalized spacial score (nSPS) is 16.0. The highest BCUT2D eigenvalue weighted by Gasteiger charge is 2.19. The lowest BCUT2D eigenvalue weighted by Crippen LogP contribution is -2.25. The molecule has 2 aliphatic heterocycles. The maximum atomic E-state index is 12.2. The first-order chi connectivity index (χ1) is 11.7. The number of hydrogen-bond acceptors (Lipinski definition) is 6. The van der Waals surface area contributed by atoms with Crippen molar-refractivity contribution in [2.75, 3.05) is 25.7 Å². The fraction of sp³-hybridized carbons (Fsp3) is 0.412. The molecule has 0 saturated carbocycles. The molecule has 0 fully saturated rings. The Morgan fingerprint density at radius 2 is 2.25 bits per heavy atom. The zero-order chi connectivity index (χ0) is 16.5. The van der Waals surface area contributed by atoms with Crippen molar-refractivity contribution in [1.82, 2.24) is 9.88 Å². The second-order valence-corrected chi connectivity index (χ2v) is 7.20. The fourth-order valence-electron chi connectivity index (χ4n) is 2.91. The van der Waals surface area contributed by atoms with Crippen LogP contribution in [0.4, 0.5) is 5.13 Å². The van der Waals surface area contributed by atoms with Gasteiger partial charge in [0.1, 0.15) is 0 Å². The zero-order valence-corrected chi connectivity index (χ0v) is 14.3. The number of carbonyl (C=O) groups is 1. The van der Waals surface area contributed by atoms with Crippen LogP contribution in [-0.2, 0) is 24.2 Å². The molecule has 0 aliphatic carbocycles. The van der Waals surface area contributed by atoms with Crippen LogP contribution >= 0.6 is 11.3 Å². The first kappa shape index (κ1) is 15.4. The molecule has 6 nitrogen and oxygen atoms in total. The molecule has 0 atom stereocenters. The molecule has 0 saturated heterocycles. The molecule has 2 aromatic rings. The summed E-state index contributed by atoms with van der Waals surface area (Å²) in [5.74, 6) is 1.51. The lowest BCUT2D eigenvalue weighted by atomic mass is 10.1. The van der Waals surface area contributed by atoms with Crippen LogP contribution < -0.4 is 14.8 Å². The standard InChI is InChI=1S/C17H19N3O3S/c1-20-7-6-12-15(9-20)24-17(18-12)19-16(21)5-3-11-2-4-13-14(8-11)23-10-22-13/h2,4,8H,3,5-7,9-10H2,1H3,(H,18,19,21). The third-order valence-electron chi connectivity index (χ3n) is 4.25. The number of ether oxygens (including phenoxy) is 2. The number of aromatic nitrogens is 1. The molecular formula is C17H19N3O3S. The summed E-state index contributed by atoms with van der Waals surface area (Å²) in [6.45, 7) is 2.21. The Kier molecular flexibility index (Phi) is 4.12. The smallest absolute Gasteiger partial charge is 0.231 e. The van der Waals surface area contributed by atoms with Crippen molar-refractivity contribution in [2.24, 2.45) is 0 Å². The predicted octanol–water partition coefficient (Wildman–Crippen LogP) is 2.43. The second-order valence-electron chi connectivity index (χ2n) is 6.11. The Bertz CT molecular complexity index is 774. The van der Waals surface area contributed by atoms with Gasteiger partial charge in [0.05, 0.1) is 5.69 Å². The van der Waals surface area contributed by atoms with Gasteiger partial charge >= 0.3 is 0 Å². The highest BCUT2D eigenvalue weighted by molar-refractivity contribution is 7.15. The third-order valence-corrected chi connectivity index (χ3v) is 5.24. The first-order valence-corrected chi connectivity index (χ1v) is 8.84. The predicted molar refractivity (Wildman–Crippen MR) is 91.7 cm³/mol. The summed E-state index contributed by atoms with van der Waals surface area (Å²) in [6.07, 6.45) is 2.04. The Balaban J connectivity index is 1.34. The van der Waals surface area contributed by atoms with E-state index in [-0.39, 0.29) is 12.7 Å². The number of thiazole rings is 1. The van der Waals surface area contributed by atoms with Crippen LogP contribution in [0, 0.1) is 0 Å². The molecule has 1 aromatic carbocycles. The van der Waals surface area contributed by atoms with Crippen LogP contribution in [-0.4, -0.2) is 36.2 Å². The summed E-state index contributed by atoms with van der Waals surface area (Å²) >= 11 is 1.58. The molecule has 3 heterocycles. The summed E-state index contributed by atoms with van der Waals surface area (Å²) in [5.41, 5.74) is 2.19. The number of nitrogens with one attached hydrogen (secondary N) is 1. The molecule has 4 rings (SSSR count). The van der Waals surface area contributed by atoms with Gasteiger partial charge in [-0.05, 0) is 31.2 Å². The quantitative estimate of drug-likeness (QED) is 0.922. The van der Waals surface area contributed by atoms with Gasteiger partial charge < -0.3 is 19.7 Å². The topological polar surface area (TPSA) is 63.7 Å². The number of rotatable bonds is 4. The number of fused-ring (bicyclic) bond motifs is 2. The van der Waals surface area contributed by atoms with Gasteiger partial charge in [-0.3, -0.25) is 4.79 Å². The van der Waals surface area contributed by atoms with E-state index in [0.717, 1.165) is 42.3 Å². The number of amides is 1. The van der Waals surface area contributed by atoms with E-state index in [2.05, 4.69) is 22.2 Å². The molecule has 0 spiro atoms. The number of aryl methyl sites for hydroxylation is 1. The summed E-state index contributed by atoms with van der Waals surface area (Å²) < 4.78 is 10.7. The first-order valence-electron chi connectivity index (χ1n) is 8.03. The van der Waals surface area contributed by atoms with Crippen molar-refractivity contribution in [2.45, 2.75) is 25.8 Å². The van der Waals surface area contributed by atoms with E-state index in [0.29, 0.717) is 18.0 Å². The van der Waals surface area contributed by atoms with Gasteiger partial charge in [0.25, 0.3) is 0 Å². The number of anilines is 1. The average Bonchev–Trinajstić information content (AvgIpc) is 3.17. The number of likely N-dealkylation sites (N-methyl/N-ethyl adjacent to an activating group) is 1. The Hall–Kier alpha value is -2.12. The molecule has 7 heteroatoms. The van der Waals surface area contributed by atoms with Gasteiger partial charge in [-0.15, -0.1) is 11.3 Å². The monoisotopic (exact) mass is 345 g/mol. The van der Waals surface area contributed by atoms with Crippen LogP contribution in [0.15, 0.2) is 18.2 Å². The second kappa shape index (κ2) is 6.41. The minimum atomic E-state index is -0.00730. The Labute approximate surface area is 144 Å². The lowest BCUT2D eigenvalue weighted by molar-refractivity contribution is -0.116. The minimum absolute atomic E-state index is 0.00730. The van der Waals surface area contributed by atoms with Crippen molar-refractivity contribution >= 4 is 22.4 Å². The van der Waals surface area contributed by atoms with Crippen molar-refractivity contribution in [3.63, 3.8) is 0 Å². The lowest BCUT2D eigenvalue weighted by Gasteiger charge is -2.20. The minimum Gasteiger partial charge on any atom is -0.454 e. The molecular weight excluding hydrogens is 326 g/mol. The summed E-state index contributed by atoms with van der Waals surface area (Å²) in [4.78, 5) is 20.3. The van der Waals surface area contributed by atoms with E-state index in [1.807, 2.05) is 18.2 Å². The SMILES string of the molecule is CN1CCc2nc(NC(=O)CCc3ccc4c(c3)OCO4)sc2C1. The van der Waals surface area contributed by atoms with Crippen LogP contribution in [0.3, 0.4) is 0 Å². The molecule has 1 amide bonds. The fourth-order valence-corrected chi connectivity index (χ4v) is 4.02. The van der Waals surface area contributed by atoms with Crippen molar-refractivity contribution < 1.29 is 14.3 Å². The molecule has 0 radical (unpaired) electrons. The number of hydrogen-bond donors (Lipinski definition) is 1. The number of benzene rings is 1. The Morgan fingerprint density at radius 3 is 3.17 bits per heavy atom. The average molecular weight is 345 g/mol. The number of carbonyl (C=O) groups excluding carboxylic acids is 1. The van der Waals surface area contributed by atoms with Gasteiger partial charge in [-0.2, -0.15) is 0 Å². The van der Waals surface area contributed by atoms with Crippen molar-refractivity contribution in [1.29, 1.82) is 0 Å². The maximum absolute atomic E-state index is 12.2. The van der Waals surface area contributed by atoms with Gasteiger partial charge in [0.2, 0.25) is 12.7 Å². The highest BCUT2D eigenvalue weighted by atomic mass is 32.1. The van der Waals surface area contributed by atoms with Crippen LogP contribution in [0.25, 0.3) is 0 Å². The summed E-state index contributed by atoms with van der Waals surface area (Å²) in [6, 6.07) is 5.80. The zero-order valence-electron chi connectivity index (χ0n) is 13.5. The molecule has 24 heavy (non-hydrogen) atoms. The molecule has 0 unspecified atom stereocenters. The molecule has 2 aliphatic rings. The van der Waals surface area contributed by atoms with Crippen LogP contribution in [0.5, 0.6) is 11.5 Å². The van der Waals surface area contributed by atoms with Gasteiger partial charge in [-0.25, -0.2) is 4.98 Å². The molecule has 0 bridgehead atoms. The summed E-state index contributed by atoms with van der Waals surface area (Å²) in [5, 5.41) is 3.64. The van der Waals surface area contributed by atoms with E-state index in [1.165, 1.54) is 4.88 Å². The van der Waals surface area contributed by atoms with E-state index >= 15 is 0 Å². The van der Waals surface area contributed by atoms with E-state index in [1.54, 1.807) is 11.3 Å². The van der Waals surface area contributed by atoms with E-state index < -0.39 is 0 Å². The van der Waals surface area contributed by atoms with Gasteiger partial charge in [-0.1, -0.05) is 6.07 Å². The Morgan fingerprint density at radius 1 is 1.38 bits per heavy atom. The highest BCUT2D eigenvalue weighted by Crippen LogP contribution is 2.33. The van der Waals surface area contributed by atoms with Crippen molar-refractivity contribution in [3.05, 3.63) is 34.3 Å². The van der Waals surface area contributed by atoms with Gasteiger partial charge in [0, 0.05) is 30.8 Å². The van der Waals surface area contributed by atoms with E-state index in [4.69, 9.17) is 9.47 Å². The number of nitrogens with zero attached hydrogens (tertiary/aromatic N) is 2. The van der Waals surface area contributed by atoms with Crippen LogP contribution in [0.1, 0.15) is 22.6 Å². The van der Waals surface area contributed by atoms with Crippen LogP contribution in [0.2, 0.25) is 0 Å². The van der Waals surface area contributed by atoms with E-state index in [9.17, 15) is 4.79 Å². The maximum Gasteiger partial charge on any atom is 0.231 e. The summed E-state index contributed by atoms with van der Waals surface area (Å²) in [7, 11) is 2.10. The largest absolute Gasteiger partial charge is 0.454 e. The molecule has 1 aromatic heterocycles. The molecule has 126 valence electrons. The van der Waals surface area contributed by atoms with Crippen molar-refractivity contribution in [3.8, 4) is 11.5 Å². The molecule has 1 N–H and O–H groups in total.